The van der Waals surface area contributed by atoms with E-state index in [9.17, 15) is 16.8 Å². The molecule has 0 radical (unpaired) electrons. The number of ether oxygens (including phenoxy) is 2. The molecule has 0 bridgehead atoms. The SMILES string of the molecule is CS(=O)(=O)OCCOCCOS(C)(=O)=O.OCCOCCO. The zero-order valence-corrected chi connectivity index (χ0v) is 14.3. The van der Waals surface area contributed by atoms with Crippen LogP contribution < -0.4 is 0 Å². The molecule has 0 aromatic heterocycles. The van der Waals surface area contributed by atoms with Crippen molar-refractivity contribution in [3.05, 3.63) is 0 Å². The first-order valence-corrected chi connectivity index (χ1v) is 9.81. The topological polar surface area (TPSA) is 146 Å². The third-order valence-electron chi connectivity index (χ3n) is 1.52. The molecule has 0 saturated heterocycles. The van der Waals surface area contributed by atoms with Gasteiger partial charge >= 0.3 is 0 Å². The van der Waals surface area contributed by atoms with Crippen molar-refractivity contribution in [3.63, 3.8) is 0 Å². The van der Waals surface area contributed by atoms with Gasteiger partial charge in [0.15, 0.2) is 0 Å². The van der Waals surface area contributed by atoms with Crippen LogP contribution in [0.4, 0.5) is 0 Å². The molecule has 0 aliphatic heterocycles. The minimum Gasteiger partial charge on any atom is -0.394 e. The number of aliphatic hydroxyl groups excluding tert-OH is 2. The van der Waals surface area contributed by atoms with Gasteiger partial charge in [-0.2, -0.15) is 16.8 Å². The molecule has 0 aromatic rings. The van der Waals surface area contributed by atoms with Gasteiger partial charge in [-0.05, 0) is 0 Å². The van der Waals surface area contributed by atoms with Crippen LogP contribution >= 0.6 is 0 Å². The molecule has 0 unspecified atom stereocenters. The van der Waals surface area contributed by atoms with Crippen molar-refractivity contribution in [2.24, 2.45) is 0 Å². The lowest BCUT2D eigenvalue weighted by molar-refractivity contribution is 0.0650. The standard InChI is InChI=1S/C6H14O7S2.C4H10O3/c1-14(7,8)12-5-3-11-4-6-13-15(2,9)10;5-1-3-7-4-2-6/h3-6H2,1-2H3;5-6H,1-4H2. The van der Waals surface area contributed by atoms with Crippen molar-refractivity contribution in [1.82, 2.24) is 0 Å². The van der Waals surface area contributed by atoms with Crippen molar-refractivity contribution < 1.29 is 44.9 Å². The van der Waals surface area contributed by atoms with E-state index in [4.69, 9.17) is 14.9 Å². The van der Waals surface area contributed by atoms with Crippen molar-refractivity contribution in [2.75, 3.05) is 65.4 Å². The van der Waals surface area contributed by atoms with Crippen LogP contribution in [0.2, 0.25) is 0 Å². The summed E-state index contributed by atoms with van der Waals surface area (Å²) in [7, 11) is -6.89. The Hall–Kier alpha value is -0.340. The minimum absolute atomic E-state index is 0.0278. The average Bonchev–Trinajstić information content (AvgIpc) is 2.36. The van der Waals surface area contributed by atoms with E-state index in [1.165, 1.54) is 0 Å². The molecule has 0 aromatic carbocycles. The molecule has 22 heavy (non-hydrogen) atoms. The molecule has 0 amide bonds. The Morgan fingerprint density at radius 2 is 0.955 bits per heavy atom. The molecule has 0 rings (SSSR count). The van der Waals surface area contributed by atoms with E-state index in [1.807, 2.05) is 0 Å². The molecule has 0 atom stereocenters. The first kappa shape index (κ1) is 23.9. The summed E-state index contributed by atoms with van der Waals surface area (Å²) in [5, 5.41) is 16.2. The van der Waals surface area contributed by atoms with Crippen LogP contribution in [0.25, 0.3) is 0 Å². The molecule has 2 N–H and O–H groups in total. The Kier molecular flexibility index (Phi) is 15.5. The molecule has 0 heterocycles. The fraction of sp³-hybridized carbons (Fsp3) is 1.00. The minimum atomic E-state index is -3.45. The smallest absolute Gasteiger partial charge is 0.264 e. The molecule has 0 fully saturated rings. The number of hydrogen-bond acceptors (Lipinski definition) is 10. The van der Waals surface area contributed by atoms with Gasteiger partial charge in [-0.25, -0.2) is 0 Å². The fourth-order valence-corrected chi connectivity index (χ4v) is 1.56. The van der Waals surface area contributed by atoms with Crippen LogP contribution in [-0.2, 0) is 38.1 Å². The lowest BCUT2D eigenvalue weighted by Crippen LogP contribution is -2.13. The maximum absolute atomic E-state index is 10.5. The van der Waals surface area contributed by atoms with Gasteiger partial charge in [0.2, 0.25) is 0 Å². The maximum atomic E-state index is 10.5. The number of hydrogen-bond donors (Lipinski definition) is 2. The summed E-state index contributed by atoms with van der Waals surface area (Å²) in [6, 6.07) is 0. The van der Waals surface area contributed by atoms with E-state index in [-0.39, 0.29) is 39.6 Å². The molecule has 12 heteroatoms. The molecule has 0 saturated carbocycles. The number of rotatable bonds is 12. The van der Waals surface area contributed by atoms with Gasteiger partial charge in [0, 0.05) is 0 Å². The summed E-state index contributed by atoms with van der Waals surface area (Å²) < 4.78 is 60.1. The Bertz CT molecular complexity index is 391. The van der Waals surface area contributed by atoms with E-state index in [1.54, 1.807) is 0 Å². The highest BCUT2D eigenvalue weighted by molar-refractivity contribution is 7.86. The van der Waals surface area contributed by atoms with Crippen LogP contribution in [-0.4, -0.2) is 92.4 Å². The van der Waals surface area contributed by atoms with Gasteiger partial charge < -0.3 is 19.7 Å². The Labute approximate surface area is 131 Å². The highest BCUT2D eigenvalue weighted by Gasteiger charge is 2.02. The zero-order chi connectivity index (χ0) is 17.5. The second kappa shape index (κ2) is 14.3. The van der Waals surface area contributed by atoms with E-state index in [0.717, 1.165) is 12.5 Å². The van der Waals surface area contributed by atoms with Crippen molar-refractivity contribution in [2.45, 2.75) is 0 Å². The van der Waals surface area contributed by atoms with Gasteiger partial charge in [0.1, 0.15) is 0 Å². The molecule has 10 nitrogen and oxygen atoms in total. The summed E-state index contributed by atoms with van der Waals surface area (Å²) in [6.45, 7) is 0.608. The van der Waals surface area contributed by atoms with E-state index >= 15 is 0 Å². The largest absolute Gasteiger partial charge is 0.394 e. The van der Waals surface area contributed by atoms with Gasteiger partial charge in [-0.3, -0.25) is 8.37 Å². The molecule has 0 aliphatic rings. The first-order valence-electron chi connectivity index (χ1n) is 6.18. The second-order valence-electron chi connectivity index (χ2n) is 3.72. The van der Waals surface area contributed by atoms with Crippen molar-refractivity contribution in [3.8, 4) is 0 Å². The summed E-state index contributed by atoms with van der Waals surface area (Å²) in [4.78, 5) is 0. The molecular weight excluding hydrogens is 344 g/mol. The predicted octanol–water partition coefficient (Wildman–Crippen LogP) is -2.06. The van der Waals surface area contributed by atoms with Crippen LogP contribution in [0.5, 0.6) is 0 Å². The van der Waals surface area contributed by atoms with Crippen LogP contribution in [0, 0.1) is 0 Å². The quantitative estimate of drug-likeness (QED) is 0.291. The summed E-state index contributed by atoms with van der Waals surface area (Å²) in [5.41, 5.74) is 0. The Morgan fingerprint density at radius 1 is 0.636 bits per heavy atom. The average molecular weight is 368 g/mol. The van der Waals surface area contributed by atoms with Crippen LogP contribution in [0.15, 0.2) is 0 Å². The highest BCUT2D eigenvalue weighted by Crippen LogP contribution is 1.89. The van der Waals surface area contributed by atoms with Crippen molar-refractivity contribution in [1.29, 1.82) is 0 Å². The zero-order valence-electron chi connectivity index (χ0n) is 12.6. The lowest BCUT2D eigenvalue weighted by atomic mass is 10.7. The van der Waals surface area contributed by atoms with Gasteiger partial charge in [-0.1, -0.05) is 0 Å². The Morgan fingerprint density at radius 3 is 1.23 bits per heavy atom. The van der Waals surface area contributed by atoms with Gasteiger partial charge in [0.05, 0.1) is 65.4 Å². The lowest BCUT2D eigenvalue weighted by Gasteiger charge is -2.03. The Balaban J connectivity index is 0. The van der Waals surface area contributed by atoms with E-state index < -0.39 is 20.2 Å². The predicted molar refractivity (Wildman–Crippen MR) is 77.4 cm³/mol. The van der Waals surface area contributed by atoms with E-state index in [0.29, 0.717) is 13.2 Å². The van der Waals surface area contributed by atoms with Crippen LogP contribution in [0.3, 0.4) is 0 Å². The number of aliphatic hydroxyl groups is 2. The third-order valence-corrected chi connectivity index (χ3v) is 2.71. The molecule has 136 valence electrons. The van der Waals surface area contributed by atoms with Crippen molar-refractivity contribution >= 4 is 20.2 Å². The monoisotopic (exact) mass is 368 g/mol. The molecular formula is C10H24O10S2. The summed E-state index contributed by atoms with van der Waals surface area (Å²) in [6.07, 6.45) is 1.86. The van der Waals surface area contributed by atoms with Gasteiger partial charge in [0.25, 0.3) is 20.2 Å². The molecule has 0 spiro atoms. The normalized spacial score (nSPS) is 11.8. The van der Waals surface area contributed by atoms with Gasteiger partial charge in [-0.15, -0.1) is 0 Å². The third kappa shape index (κ3) is 27.9. The highest BCUT2D eigenvalue weighted by atomic mass is 32.2. The second-order valence-corrected chi connectivity index (χ2v) is 7.01. The molecule has 0 aliphatic carbocycles. The summed E-state index contributed by atoms with van der Waals surface area (Å²) in [5.74, 6) is 0. The summed E-state index contributed by atoms with van der Waals surface area (Å²) >= 11 is 0. The van der Waals surface area contributed by atoms with E-state index in [2.05, 4.69) is 13.1 Å². The fourth-order valence-electron chi connectivity index (χ4n) is 0.822. The maximum Gasteiger partial charge on any atom is 0.264 e. The first-order chi connectivity index (χ1) is 10.1. The van der Waals surface area contributed by atoms with Crippen LogP contribution in [0.1, 0.15) is 0 Å².